The van der Waals surface area contributed by atoms with Crippen LogP contribution in [0, 0.1) is 0 Å². The number of aromatic nitrogens is 2. The molecule has 2 N–H and O–H groups in total. The minimum Gasteiger partial charge on any atom is -0.352 e. The van der Waals surface area contributed by atoms with Gasteiger partial charge in [-0.3, -0.25) is 9.79 Å². The molecule has 116 valence electrons. The van der Waals surface area contributed by atoms with E-state index in [1.165, 1.54) is 0 Å². The molecule has 1 fully saturated rings. The number of amides is 1. The SMILES string of the molecule is CCC(=O)N1CCC(NC(=NC)NCc2nccn2C)C1. The van der Waals surface area contributed by atoms with Gasteiger partial charge >= 0.3 is 0 Å². The number of hydrogen-bond donors (Lipinski definition) is 2. The van der Waals surface area contributed by atoms with E-state index in [4.69, 9.17) is 0 Å². The topological polar surface area (TPSA) is 74.6 Å². The first kappa shape index (κ1) is 15.3. The second kappa shape index (κ2) is 7.10. The highest BCUT2D eigenvalue weighted by molar-refractivity contribution is 5.80. The molecule has 1 aliphatic heterocycles. The smallest absolute Gasteiger partial charge is 0.222 e. The maximum Gasteiger partial charge on any atom is 0.222 e. The number of hydrogen-bond acceptors (Lipinski definition) is 3. The van der Waals surface area contributed by atoms with Crippen molar-refractivity contribution in [2.45, 2.75) is 32.4 Å². The molecule has 0 radical (unpaired) electrons. The molecule has 1 aliphatic rings. The van der Waals surface area contributed by atoms with Gasteiger partial charge in [-0.25, -0.2) is 4.98 Å². The summed E-state index contributed by atoms with van der Waals surface area (Å²) in [5.74, 6) is 1.91. The van der Waals surface area contributed by atoms with Crippen LogP contribution in [0.25, 0.3) is 0 Å². The minimum absolute atomic E-state index is 0.218. The van der Waals surface area contributed by atoms with Crippen molar-refractivity contribution < 1.29 is 4.79 Å². The lowest BCUT2D eigenvalue weighted by Gasteiger charge is -2.18. The summed E-state index contributed by atoms with van der Waals surface area (Å²) in [5, 5.41) is 6.61. The van der Waals surface area contributed by atoms with E-state index in [1.807, 2.05) is 29.6 Å². The van der Waals surface area contributed by atoms with Gasteiger partial charge in [0.15, 0.2) is 5.96 Å². The standard InChI is InChI=1S/C14H24N6O/c1-4-13(21)20-7-5-11(10-20)18-14(15-2)17-9-12-16-6-8-19(12)3/h6,8,11H,4-5,7,9-10H2,1-3H3,(H2,15,17,18). The Morgan fingerprint density at radius 1 is 1.57 bits per heavy atom. The van der Waals surface area contributed by atoms with Crippen LogP contribution in [0.3, 0.4) is 0 Å². The van der Waals surface area contributed by atoms with Crippen molar-refractivity contribution >= 4 is 11.9 Å². The molecule has 2 heterocycles. The van der Waals surface area contributed by atoms with Gasteiger partial charge in [-0.2, -0.15) is 0 Å². The van der Waals surface area contributed by atoms with Gasteiger partial charge in [0.25, 0.3) is 0 Å². The molecule has 0 bridgehead atoms. The molecule has 0 spiro atoms. The Bertz CT molecular complexity index is 509. The van der Waals surface area contributed by atoms with E-state index in [-0.39, 0.29) is 11.9 Å². The first-order valence-electron chi connectivity index (χ1n) is 7.35. The molecule has 0 aromatic carbocycles. The summed E-state index contributed by atoms with van der Waals surface area (Å²) >= 11 is 0. The summed E-state index contributed by atoms with van der Waals surface area (Å²) in [4.78, 5) is 22.1. The molecule has 1 unspecified atom stereocenters. The van der Waals surface area contributed by atoms with Crippen LogP contribution in [0.2, 0.25) is 0 Å². The number of guanidine groups is 1. The first-order chi connectivity index (χ1) is 10.1. The maximum absolute atomic E-state index is 11.7. The number of carbonyl (C=O) groups excluding carboxylic acids is 1. The lowest BCUT2D eigenvalue weighted by Crippen LogP contribution is -2.44. The fourth-order valence-corrected chi connectivity index (χ4v) is 2.45. The largest absolute Gasteiger partial charge is 0.352 e. The molecule has 1 aromatic heterocycles. The van der Waals surface area contributed by atoms with Crippen LogP contribution in [-0.2, 0) is 18.4 Å². The third-order valence-corrected chi connectivity index (χ3v) is 3.74. The average Bonchev–Trinajstić information content (AvgIpc) is 3.11. The van der Waals surface area contributed by atoms with Crippen LogP contribution in [0.5, 0.6) is 0 Å². The molecular weight excluding hydrogens is 268 g/mol. The molecule has 7 nitrogen and oxygen atoms in total. The fourth-order valence-electron chi connectivity index (χ4n) is 2.45. The normalized spacial score (nSPS) is 18.9. The Balaban J connectivity index is 1.81. The average molecular weight is 292 g/mol. The van der Waals surface area contributed by atoms with E-state index in [1.54, 1.807) is 13.2 Å². The monoisotopic (exact) mass is 292 g/mol. The van der Waals surface area contributed by atoms with Crippen LogP contribution < -0.4 is 10.6 Å². The van der Waals surface area contributed by atoms with Crippen LogP contribution in [-0.4, -0.2) is 52.5 Å². The Labute approximate surface area is 125 Å². The van der Waals surface area contributed by atoms with Crippen molar-refractivity contribution in [1.29, 1.82) is 0 Å². The van der Waals surface area contributed by atoms with Gasteiger partial charge in [0.1, 0.15) is 5.82 Å². The van der Waals surface area contributed by atoms with Gasteiger partial charge in [-0.05, 0) is 6.42 Å². The van der Waals surface area contributed by atoms with E-state index in [9.17, 15) is 4.79 Å². The number of aliphatic imine (C=N–C) groups is 1. The van der Waals surface area contributed by atoms with Crippen LogP contribution >= 0.6 is 0 Å². The Kier molecular flexibility index (Phi) is 5.19. The van der Waals surface area contributed by atoms with Crippen molar-refractivity contribution in [2.24, 2.45) is 12.0 Å². The van der Waals surface area contributed by atoms with E-state index in [0.29, 0.717) is 13.0 Å². The third-order valence-electron chi connectivity index (χ3n) is 3.74. The number of carbonyl (C=O) groups is 1. The maximum atomic E-state index is 11.7. The fraction of sp³-hybridized carbons (Fsp3) is 0.643. The molecule has 1 aromatic rings. The van der Waals surface area contributed by atoms with Gasteiger partial charge < -0.3 is 20.1 Å². The van der Waals surface area contributed by atoms with E-state index >= 15 is 0 Å². The molecule has 2 rings (SSSR count). The highest BCUT2D eigenvalue weighted by atomic mass is 16.2. The van der Waals surface area contributed by atoms with Gasteiger partial charge in [-0.15, -0.1) is 0 Å². The lowest BCUT2D eigenvalue weighted by molar-refractivity contribution is -0.129. The zero-order valence-corrected chi connectivity index (χ0v) is 13.0. The zero-order chi connectivity index (χ0) is 15.2. The van der Waals surface area contributed by atoms with Gasteiger partial charge in [-0.1, -0.05) is 6.92 Å². The van der Waals surface area contributed by atoms with Crippen LogP contribution in [0.1, 0.15) is 25.6 Å². The Morgan fingerprint density at radius 2 is 2.38 bits per heavy atom. The van der Waals surface area contributed by atoms with Gasteiger partial charge in [0.05, 0.1) is 6.54 Å². The number of likely N-dealkylation sites (tertiary alicyclic amines) is 1. The number of aryl methyl sites for hydroxylation is 1. The minimum atomic E-state index is 0.218. The number of nitrogens with one attached hydrogen (secondary N) is 2. The number of rotatable bonds is 4. The summed E-state index contributed by atoms with van der Waals surface area (Å²) in [6, 6.07) is 0.257. The van der Waals surface area contributed by atoms with Gasteiger partial charge in [0, 0.05) is 52.0 Å². The van der Waals surface area contributed by atoms with Crippen molar-refractivity contribution in [3.05, 3.63) is 18.2 Å². The predicted molar refractivity (Wildman–Crippen MR) is 81.8 cm³/mol. The van der Waals surface area contributed by atoms with E-state index < -0.39 is 0 Å². The number of imidazole rings is 1. The Hall–Kier alpha value is -2.05. The van der Waals surface area contributed by atoms with Crippen molar-refractivity contribution in [3.63, 3.8) is 0 Å². The quantitative estimate of drug-likeness (QED) is 0.609. The highest BCUT2D eigenvalue weighted by Gasteiger charge is 2.25. The second-order valence-electron chi connectivity index (χ2n) is 5.20. The zero-order valence-electron chi connectivity index (χ0n) is 13.0. The highest BCUT2D eigenvalue weighted by Crippen LogP contribution is 2.10. The summed E-state index contributed by atoms with van der Waals surface area (Å²) in [6.07, 6.45) is 5.21. The van der Waals surface area contributed by atoms with E-state index in [0.717, 1.165) is 31.3 Å². The summed E-state index contributed by atoms with van der Waals surface area (Å²) < 4.78 is 1.97. The summed E-state index contributed by atoms with van der Waals surface area (Å²) in [7, 11) is 3.71. The van der Waals surface area contributed by atoms with E-state index in [2.05, 4.69) is 20.6 Å². The molecule has 1 amide bonds. The first-order valence-corrected chi connectivity index (χ1v) is 7.35. The second-order valence-corrected chi connectivity index (χ2v) is 5.20. The molecule has 1 saturated heterocycles. The predicted octanol–water partition coefficient (Wildman–Crippen LogP) is 0.0960. The third kappa shape index (κ3) is 3.96. The van der Waals surface area contributed by atoms with Gasteiger partial charge in [0.2, 0.25) is 5.91 Å². The van der Waals surface area contributed by atoms with Crippen molar-refractivity contribution in [3.8, 4) is 0 Å². The molecule has 21 heavy (non-hydrogen) atoms. The summed E-state index contributed by atoms with van der Waals surface area (Å²) in [5.41, 5.74) is 0. The Morgan fingerprint density at radius 3 is 3.00 bits per heavy atom. The lowest BCUT2D eigenvalue weighted by atomic mass is 10.3. The van der Waals surface area contributed by atoms with Crippen molar-refractivity contribution in [1.82, 2.24) is 25.1 Å². The summed E-state index contributed by atoms with van der Waals surface area (Å²) in [6.45, 7) is 4.08. The molecule has 0 saturated carbocycles. The van der Waals surface area contributed by atoms with Crippen LogP contribution in [0.15, 0.2) is 17.4 Å². The molecule has 0 aliphatic carbocycles. The van der Waals surface area contributed by atoms with Crippen LogP contribution in [0.4, 0.5) is 0 Å². The molecule has 1 atom stereocenters. The molecular formula is C14H24N6O. The molecule has 7 heteroatoms. The van der Waals surface area contributed by atoms with Crippen molar-refractivity contribution in [2.75, 3.05) is 20.1 Å². The number of nitrogens with zero attached hydrogens (tertiary/aromatic N) is 4.